The van der Waals surface area contributed by atoms with E-state index in [1.807, 2.05) is 18.9 Å². The fourth-order valence-electron chi connectivity index (χ4n) is 2.01. The van der Waals surface area contributed by atoms with Crippen LogP contribution in [0.5, 0.6) is 0 Å². The fraction of sp³-hybridized carbons (Fsp3) is 0.750. The van der Waals surface area contributed by atoms with Gasteiger partial charge in [0.05, 0.1) is 6.04 Å². The molecule has 2 heterocycles. The molecule has 0 aliphatic carbocycles. The minimum absolute atomic E-state index is 0.0225. The number of hydrogen-bond acceptors (Lipinski definition) is 6. The van der Waals surface area contributed by atoms with E-state index in [0.29, 0.717) is 24.9 Å². The van der Waals surface area contributed by atoms with Crippen molar-refractivity contribution in [2.75, 3.05) is 32.0 Å². The van der Waals surface area contributed by atoms with Crippen molar-refractivity contribution < 1.29 is 9.21 Å². The van der Waals surface area contributed by atoms with E-state index >= 15 is 0 Å². The third kappa shape index (κ3) is 3.66. The van der Waals surface area contributed by atoms with Gasteiger partial charge in [-0.25, -0.2) is 0 Å². The normalized spacial score (nSPS) is 16.6. The molecule has 1 fully saturated rings. The number of rotatable bonds is 6. The second kappa shape index (κ2) is 6.51. The zero-order chi connectivity index (χ0) is 13.7. The van der Waals surface area contributed by atoms with E-state index in [2.05, 4.69) is 20.8 Å². The van der Waals surface area contributed by atoms with Gasteiger partial charge >= 0.3 is 6.01 Å². The summed E-state index contributed by atoms with van der Waals surface area (Å²) in [7, 11) is 1.83. The van der Waals surface area contributed by atoms with Gasteiger partial charge in [-0.05, 0) is 26.8 Å². The summed E-state index contributed by atoms with van der Waals surface area (Å²) in [5.74, 6) is 0.726. The van der Waals surface area contributed by atoms with Gasteiger partial charge in [-0.2, -0.15) is 0 Å². The van der Waals surface area contributed by atoms with Crippen molar-refractivity contribution in [3.05, 3.63) is 5.89 Å². The molecule has 0 aromatic carbocycles. The number of anilines is 1. The van der Waals surface area contributed by atoms with Gasteiger partial charge in [0.25, 0.3) is 0 Å². The maximum atomic E-state index is 11.8. The van der Waals surface area contributed by atoms with Crippen LogP contribution in [0.15, 0.2) is 4.42 Å². The monoisotopic (exact) mass is 267 g/mol. The van der Waals surface area contributed by atoms with Gasteiger partial charge in [-0.3, -0.25) is 4.79 Å². The van der Waals surface area contributed by atoms with Gasteiger partial charge in [0.15, 0.2) is 0 Å². The maximum absolute atomic E-state index is 11.8. The van der Waals surface area contributed by atoms with E-state index in [-0.39, 0.29) is 11.9 Å². The molecule has 0 saturated carbocycles. The SMILES string of the molecule is CNC(C)c1nnc(NCCC(=O)N2CCCC2)o1. The molecule has 1 saturated heterocycles. The Morgan fingerprint density at radius 1 is 1.42 bits per heavy atom. The molecule has 1 unspecified atom stereocenters. The molecule has 2 N–H and O–H groups in total. The summed E-state index contributed by atoms with van der Waals surface area (Å²) in [6.07, 6.45) is 2.70. The summed E-state index contributed by atoms with van der Waals surface area (Å²) in [5.41, 5.74) is 0. The van der Waals surface area contributed by atoms with Crippen molar-refractivity contribution in [1.82, 2.24) is 20.4 Å². The molecule has 0 radical (unpaired) electrons. The number of amides is 1. The number of hydrogen-bond donors (Lipinski definition) is 2. The van der Waals surface area contributed by atoms with Gasteiger partial charge in [0.2, 0.25) is 11.8 Å². The number of nitrogens with zero attached hydrogens (tertiary/aromatic N) is 3. The number of carbonyl (C=O) groups is 1. The van der Waals surface area contributed by atoms with Crippen LogP contribution in [0.25, 0.3) is 0 Å². The number of likely N-dealkylation sites (tertiary alicyclic amines) is 1. The summed E-state index contributed by atoms with van der Waals surface area (Å²) in [6, 6.07) is 0.389. The number of aromatic nitrogens is 2. The van der Waals surface area contributed by atoms with Gasteiger partial charge in [-0.15, -0.1) is 5.10 Å². The molecular weight excluding hydrogens is 246 g/mol. The largest absolute Gasteiger partial charge is 0.406 e. The first-order valence-electron chi connectivity index (χ1n) is 6.73. The molecule has 0 bridgehead atoms. The predicted octanol–water partition coefficient (Wildman–Crippen LogP) is 0.774. The molecule has 1 atom stereocenters. The predicted molar refractivity (Wildman–Crippen MR) is 70.7 cm³/mol. The first kappa shape index (κ1) is 13.8. The number of nitrogens with one attached hydrogen (secondary N) is 2. The Kier molecular flexibility index (Phi) is 4.73. The van der Waals surface area contributed by atoms with Crippen molar-refractivity contribution >= 4 is 11.9 Å². The molecule has 106 valence electrons. The van der Waals surface area contributed by atoms with Crippen LogP contribution < -0.4 is 10.6 Å². The molecule has 0 spiro atoms. The van der Waals surface area contributed by atoms with Crippen molar-refractivity contribution in [3.63, 3.8) is 0 Å². The topological polar surface area (TPSA) is 83.3 Å². The summed E-state index contributed by atoms with van der Waals surface area (Å²) in [6.45, 7) is 4.24. The van der Waals surface area contributed by atoms with Crippen LogP contribution >= 0.6 is 0 Å². The third-order valence-electron chi connectivity index (χ3n) is 3.32. The molecule has 1 aliphatic rings. The summed E-state index contributed by atoms with van der Waals surface area (Å²) in [4.78, 5) is 13.7. The van der Waals surface area contributed by atoms with Crippen molar-refractivity contribution in [2.24, 2.45) is 0 Å². The van der Waals surface area contributed by atoms with E-state index in [0.717, 1.165) is 25.9 Å². The molecule has 1 aromatic rings. The maximum Gasteiger partial charge on any atom is 0.315 e. The Bertz CT molecular complexity index is 414. The lowest BCUT2D eigenvalue weighted by Gasteiger charge is -2.14. The summed E-state index contributed by atoms with van der Waals surface area (Å²) in [5, 5.41) is 13.8. The van der Waals surface area contributed by atoms with Crippen LogP contribution in [0.3, 0.4) is 0 Å². The highest BCUT2D eigenvalue weighted by Gasteiger charge is 2.17. The van der Waals surface area contributed by atoms with Crippen molar-refractivity contribution in [1.29, 1.82) is 0 Å². The van der Waals surface area contributed by atoms with Crippen molar-refractivity contribution in [3.8, 4) is 0 Å². The van der Waals surface area contributed by atoms with Gasteiger partial charge < -0.3 is 20.0 Å². The highest BCUT2D eigenvalue weighted by molar-refractivity contribution is 5.76. The molecular formula is C12H21N5O2. The van der Waals surface area contributed by atoms with Crippen molar-refractivity contribution in [2.45, 2.75) is 32.2 Å². The van der Waals surface area contributed by atoms with E-state index in [4.69, 9.17) is 4.42 Å². The van der Waals surface area contributed by atoms with E-state index in [9.17, 15) is 4.79 Å². The zero-order valence-electron chi connectivity index (χ0n) is 11.5. The molecule has 7 nitrogen and oxygen atoms in total. The zero-order valence-corrected chi connectivity index (χ0v) is 11.5. The lowest BCUT2D eigenvalue weighted by molar-refractivity contribution is -0.129. The average molecular weight is 267 g/mol. The Morgan fingerprint density at radius 2 is 2.16 bits per heavy atom. The summed E-state index contributed by atoms with van der Waals surface area (Å²) >= 11 is 0. The Hall–Kier alpha value is -1.63. The quantitative estimate of drug-likeness (QED) is 0.792. The second-order valence-electron chi connectivity index (χ2n) is 4.72. The first-order chi connectivity index (χ1) is 9.20. The minimum Gasteiger partial charge on any atom is -0.406 e. The van der Waals surface area contributed by atoms with Crippen LogP contribution in [0.2, 0.25) is 0 Å². The first-order valence-corrected chi connectivity index (χ1v) is 6.73. The highest BCUT2D eigenvalue weighted by Crippen LogP contribution is 2.13. The standard InChI is InChI=1S/C12H21N5O2/c1-9(13-2)11-15-16-12(19-11)14-6-5-10(18)17-7-3-4-8-17/h9,13H,3-8H2,1-2H3,(H,14,16). The average Bonchev–Trinajstić information content (AvgIpc) is 3.08. The fourth-order valence-corrected chi connectivity index (χ4v) is 2.01. The third-order valence-corrected chi connectivity index (χ3v) is 3.32. The Balaban J connectivity index is 1.73. The van der Waals surface area contributed by atoms with E-state index < -0.39 is 0 Å². The lowest BCUT2D eigenvalue weighted by Crippen LogP contribution is -2.29. The molecule has 1 aliphatic heterocycles. The highest BCUT2D eigenvalue weighted by atomic mass is 16.4. The van der Waals surface area contributed by atoms with Gasteiger partial charge in [0, 0.05) is 26.1 Å². The molecule has 19 heavy (non-hydrogen) atoms. The molecule has 1 amide bonds. The van der Waals surface area contributed by atoms with Crippen LogP contribution in [0.4, 0.5) is 6.01 Å². The molecule has 7 heteroatoms. The Morgan fingerprint density at radius 3 is 2.84 bits per heavy atom. The smallest absolute Gasteiger partial charge is 0.315 e. The van der Waals surface area contributed by atoms with E-state index in [1.54, 1.807) is 0 Å². The van der Waals surface area contributed by atoms with Crippen LogP contribution in [-0.4, -0.2) is 47.7 Å². The lowest BCUT2D eigenvalue weighted by atomic mass is 10.3. The molecule has 1 aromatic heterocycles. The second-order valence-corrected chi connectivity index (χ2v) is 4.72. The van der Waals surface area contributed by atoms with Crippen LogP contribution in [0.1, 0.15) is 38.1 Å². The summed E-state index contributed by atoms with van der Waals surface area (Å²) < 4.78 is 5.42. The van der Waals surface area contributed by atoms with Crippen LogP contribution in [0, 0.1) is 0 Å². The minimum atomic E-state index is 0.0225. The Labute approximate surface area is 112 Å². The van der Waals surface area contributed by atoms with Gasteiger partial charge in [0.1, 0.15) is 0 Å². The van der Waals surface area contributed by atoms with Gasteiger partial charge in [-0.1, -0.05) is 5.10 Å². The molecule has 2 rings (SSSR count). The van der Waals surface area contributed by atoms with Crippen LogP contribution in [-0.2, 0) is 4.79 Å². The number of carbonyl (C=O) groups excluding carboxylic acids is 1. The van der Waals surface area contributed by atoms with E-state index in [1.165, 1.54) is 0 Å².